The number of fused-ring (bicyclic) bond motifs is 2. The monoisotopic (exact) mass is 283 g/mol. The lowest BCUT2D eigenvalue weighted by atomic mass is 9.98. The first-order chi connectivity index (χ1) is 9.08. The molecule has 3 nitrogen and oxygen atoms in total. The van der Waals surface area contributed by atoms with Crippen molar-refractivity contribution in [3.63, 3.8) is 0 Å². The number of piperidine rings is 1. The van der Waals surface area contributed by atoms with E-state index in [0.717, 1.165) is 12.8 Å². The molecule has 2 bridgehead atoms. The third kappa shape index (κ3) is 2.13. The molecular weight excluding hydrogens is 269 g/mol. The zero-order valence-corrected chi connectivity index (χ0v) is 11.1. The summed E-state index contributed by atoms with van der Waals surface area (Å²) in [5, 5.41) is 9.69. The Labute approximate surface area is 116 Å². The summed E-state index contributed by atoms with van der Waals surface area (Å²) in [7, 11) is 0. The van der Waals surface area contributed by atoms with Crippen molar-refractivity contribution in [2.75, 3.05) is 0 Å². The number of carbonyl (C=O) groups is 1. The van der Waals surface area contributed by atoms with Crippen LogP contribution in [0.15, 0.2) is 18.2 Å². The van der Waals surface area contributed by atoms with E-state index in [1.54, 1.807) is 11.0 Å². The molecule has 2 aliphatic rings. The second-order valence-electron chi connectivity index (χ2n) is 5.32. The molecule has 0 saturated carbocycles. The van der Waals surface area contributed by atoms with Gasteiger partial charge >= 0.3 is 0 Å². The molecule has 0 aromatic heterocycles. The van der Waals surface area contributed by atoms with Crippen molar-refractivity contribution in [3.05, 3.63) is 34.6 Å². The standard InChI is InChI=1S/C14H15ClFNO2/c15-12-3-1-2-11(13(12)16)14(19)17-8-4-5-9(17)7-10(18)6-8/h1-3,8-10,18H,4-7H2. The molecule has 5 heteroatoms. The minimum atomic E-state index is -0.653. The van der Waals surface area contributed by atoms with Gasteiger partial charge in [0.05, 0.1) is 16.7 Å². The van der Waals surface area contributed by atoms with Crippen molar-refractivity contribution in [3.8, 4) is 0 Å². The molecule has 2 saturated heterocycles. The van der Waals surface area contributed by atoms with Gasteiger partial charge in [-0.2, -0.15) is 0 Å². The van der Waals surface area contributed by atoms with Gasteiger partial charge in [-0.1, -0.05) is 17.7 Å². The van der Waals surface area contributed by atoms with E-state index in [1.165, 1.54) is 12.1 Å². The molecule has 2 atom stereocenters. The first kappa shape index (κ1) is 12.9. The molecule has 2 heterocycles. The van der Waals surface area contributed by atoms with Gasteiger partial charge in [0.2, 0.25) is 0 Å². The summed E-state index contributed by atoms with van der Waals surface area (Å²) in [4.78, 5) is 14.2. The molecule has 19 heavy (non-hydrogen) atoms. The highest BCUT2D eigenvalue weighted by atomic mass is 35.5. The number of hydrogen-bond donors (Lipinski definition) is 1. The Morgan fingerprint density at radius 3 is 2.58 bits per heavy atom. The van der Waals surface area contributed by atoms with Crippen molar-refractivity contribution >= 4 is 17.5 Å². The second-order valence-corrected chi connectivity index (χ2v) is 5.73. The Bertz CT molecular complexity index is 508. The number of rotatable bonds is 1. The predicted octanol–water partition coefficient (Wildman–Crippen LogP) is 2.61. The zero-order valence-electron chi connectivity index (χ0n) is 10.4. The first-order valence-corrected chi connectivity index (χ1v) is 6.90. The number of benzene rings is 1. The molecule has 0 radical (unpaired) electrons. The number of amides is 1. The highest BCUT2D eigenvalue weighted by Gasteiger charge is 2.43. The van der Waals surface area contributed by atoms with E-state index in [2.05, 4.69) is 0 Å². The van der Waals surface area contributed by atoms with E-state index in [-0.39, 0.29) is 34.7 Å². The van der Waals surface area contributed by atoms with E-state index in [0.29, 0.717) is 12.8 Å². The smallest absolute Gasteiger partial charge is 0.257 e. The number of nitrogens with zero attached hydrogens (tertiary/aromatic N) is 1. The van der Waals surface area contributed by atoms with Gasteiger partial charge in [0.15, 0.2) is 5.82 Å². The Balaban J connectivity index is 1.91. The van der Waals surface area contributed by atoms with Gasteiger partial charge in [0, 0.05) is 12.1 Å². The lowest BCUT2D eigenvalue weighted by Gasteiger charge is -2.37. The van der Waals surface area contributed by atoms with Crippen LogP contribution in [-0.2, 0) is 0 Å². The number of aliphatic hydroxyl groups excluding tert-OH is 1. The second kappa shape index (κ2) is 4.76. The van der Waals surface area contributed by atoms with Crippen LogP contribution in [-0.4, -0.2) is 34.1 Å². The van der Waals surface area contributed by atoms with Crippen molar-refractivity contribution in [2.45, 2.75) is 43.9 Å². The summed E-state index contributed by atoms with van der Waals surface area (Å²) < 4.78 is 13.9. The van der Waals surface area contributed by atoms with Crippen molar-refractivity contribution in [1.29, 1.82) is 0 Å². The van der Waals surface area contributed by atoms with Crippen LogP contribution in [0.1, 0.15) is 36.0 Å². The third-order valence-electron chi connectivity index (χ3n) is 4.12. The SMILES string of the molecule is O=C(c1cccc(Cl)c1F)N1C2CCC1CC(O)C2. The fourth-order valence-electron chi connectivity index (χ4n) is 3.29. The van der Waals surface area contributed by atoms with Crippen LogP contribution in [0, 0.1) is 5.82 Å². The number of carbonyl (C=O) groups excluding carboxylic acids is 1. The number of halogens is 2. The summed E-state index contributed by atoms with van der Waals surface area (Å²) in [5.41, 5.74) is 0.0285. The van der Waals surface area contributed by atoms with Crippen LogP contribution in [0.3, 0.4) is 0 Å². The summed E-state index contributed by atoms with van der Waals surface area (Å²) >= 11 is 5.72. The van der Waals surface area contributed by atoms with Gasteiger partial charge in [-0.15, -0.1) is 0 Å². The van der Waals surface area contributed by atoms with Crippen LogP contribution in [0.2, 0.25) is 5.02 Å². The molecule has 1 aromatic carbocycles. The van der Waals surface area contributed by atoms with Crippen LogP contribution < -0.4 is 0 Å². The molecular formula is C14H15ClFNO2. The predicted molar refractivity (Wildman–Crippen MR) is 69.6 cm³/mol. The number of hydrogen-bond acceptors (Lipinski definition) is 2. The summed E-state index contributed by atoms with van der Waals surface area (Å²) in [5.74, 6) is -0.959. The topological polar surface area (TPSA) is 40.5 Å². The maximum Gasteiger partial charge on any atom is 0.257 e. The van der Waals surface area contributed by atoms with E-state index < -0.39 is 5.82 Å². The molecule has 0 aliphatic carbocycles. The van der Waals surface area contributed by atoms with E-state index in [4.69, 9.17) is 11.6 Å². The van der Waals surface area contributed by atoms with Crippen LogP contribution >= 0.6 is 11.6 Å². The molecule has 102 valence electrons. The fraction of sp³-hybridized carbons (Fsp3) is 0.500. The van der Waals surface area contributed by atoms with Gasteiger partial charge in [-0.3, -0.25) is 4.79 Å². The molecule has 2 aliphatic heterocycles. The quantitative estimate of drug-likeness (QED) is 0.861. The average Bonchev–Trinajstić information content (AvgIpc) is 2.64. The molecule has 2 fully saturated rings. The van der Waals surface area contributed by atoms with E-state index in [9.17, 15) is 14.3 Å². The Kier molecular flexibility index (Phi) is 3.23. The van der Waals surface area contributed by atoms with Gasteiger partial charge in [-0.05, 0) is 37.8 Å². The molecule has 3 rings (SSSR count). The summed E-state index contributed by atoms with van der Waals surface area (Å²) in [6.07, 6.45) is 2.60. The lowest BCUT2D eigenvalue weighted by Crippen LogP contribution is -2.48. The fourth-order valence-corrected chi connectivity index (χ4v) is 3.46. The van der Waals surface area contributed by atoms with Gasteiger partial charge in [-0.25, -0.2) is 4.39 Å². The average molecular weight is 284 g/mol. The summed E-state index contributed by atoms with van der Waals surface area (Å²) in [6.45, 7) is 0. The van der Waals surface area contributed by atoms with Crippen LogP contribution in [0.5, 0.6) is 0 Å². The maximum absolute atomic E-state index is 13.9. The third-order valence-corrected chi connectivity index (χ3v) is 4.42. The van der Waals surface area contributed by atoms with E-state index >= 15 is 0 Å². The van der Waals surface area contributed by atoms with E-state index in [1.807, 2.05) is 0 Å². The highest BCUT2D eigenvalue weighted by molar-refractivity contribution is 6.31. The molecule has 1 aromatic rings. The Morgan fingerprint density at radius 1 is 1.32 bits per heavy atom. The van der Waals surface area contributed by atoms with Gasteiger partial charge in [0.1, 0.15) is 0 Å². The lowest BCUT2D eigenvalue weighted by molar-refractivity contribution is 0.0284. The maximum atomic E-state index is 13.9. The number of aliphatic hydroxyl groups is 1. The van der Waals surface area contributed by atoms with Crippen molar-refractivity contribution < 1.29 is 14.3 Å². The van der Waals surface area contributed by atoms with Crippen molar-refractivity contribution in [1.82, 2.24) is 4.90 Å². The minimum absolute atomic E-state index is 0.0274. The largest absolute Gasteiger partial charge is 0.393 e. The van der Waals surface area contributed by atoms with Gasteiger partial charge < -0.3 is 10.0 Å². The van der Waals surface area contributed by atoms with Crippen LogP contribution in [0.4, 0.5) is 4.39 Å². The molecule has 1 N–H and O–H groups in total. The molecule has 1 amide bonds. The summed E-state index contributed by atoms with van der Waals surface area (Å²) in [6, 6.07) is 4.54. The molecule has 2 unspecified atom stereocenters. The van der Waals surface area contributed by atoms with Crippen molar-refractivity contribution in [2.24, 2.45) is 0 Å². The Hall–Kier alpha value is -1.13. The van der Waals surface area contributed by atoms with Gasteiger partial charge in [0.25, 0.3) is 5.91 Å². The molecule has 0 spiro atoms. The Morgan fingerprint density at radius 2 is 1.95 bits per heavy atom. The zero-order chi connectivity index (χ0) is 13.6. The minimum Gasteiger partial charge on any atom is -0.393 e. The highest BCUT2D eigenvalue weighted by Crippen LogP contribution is 2.37. The first-order valence-electron chi connectivity index (χ1n) is 6.52. The van der Waals surface area contributed by atoms with Crippen LogP contribution in [0.25, 0.3) is 0 Å². The normalized spacial score (nSPS) is 29.6.